The molecule has 2 aliphatic heterocycles. The molecular weight excluding hydrogens is 511 g/mol. The Bertz CT molecular complexity index is 753. The van der Waals surface area contributed by atoms with Crippen LogP contribution in [0.3, 0.4) is 0 Å². The molecule has 0 bridgehead atoms. The monoisotopic (exact) mass is 536 g/mol. The molecule has 2 fully saturated rings. The quantitative estimate of drug-likeness (QED) is 0.238. The van der Waals surface area contributed by atoms with Gasteiger partial charge in [-0.2, -0.15) is 0 Å². The Morgan fingerprint density at radius 1 is 1.10 bits per heavy atom. The number of amides is 3. The van der Waals surface area contributed by atoms with E-state index >= 15 is 0 Å². The van der Waals surface area contributed by atoms with E-state index in [4.69, 9.17) is 16.3 Å². The van der Waals surface area contributed by atoms with Crippen LogP contribution in [0.1, 0.15) is 20.8 Å². The van der Waals surface area contributed by atoms with Crippen molar-refractivity contribution < 1.29 is 14.3 Å². The topological polar surface area (TPSA) is 82.1 Å². The van der Waals surface area contributed by atoms with E-state index in [1.807, 2.05) is 30.6 Å². The Morgan fingerprint density at radius 2 is 1.76 bits per heavy atom. The van der Waals surface area contributed by atoms with Crippen LogP contribution in [0.4, 0.5) is 15.4 Å². The van der Waals surface area contributed by atoms with Gasteiger partial charge in [0.25, 0.3) is 0 Å². The third kappa shape index (κ3) is 5.74. The van der Waals surface area contributed by atoms with E-state index in [0.29, 0.717) is 51.0 Å². The van der Waals surface area contributed by atoms with Crippen LogP contribution in [-0.2, 0) is 4.74 Å². The first-order valence-electron chi connectivity index (χ1n) is 9.54. The first-order valence-corrected chi connectivity index (χ1v) is 11.2. The Morgan fingerprint density at radius 3 is 2.34 bits per heavy atom. The normalized spacial score (nSPS) is 20.7. The first-order chi connectivity index (χ1) is 13.6. The molecule has 9 nitrogen and oxygen atoms in total. The number of hydrogen-bond donors (Lipinski definition) is 0. The largest absolute Gasteiger partial charge is 0.444 e. The van der Waals surface area contributed by atoms with E-state index < -0.39 is 5.60 Å². The Balaban J connectivity index is 1.51. The maximum atomic E-state index is 12.9. The minimum absolute atomic E-state index is 0.0101. The number of alkyl halides is 1. The van der Waals surface area contributed by atoms with Crippen molar-refractivity contribution in [3.05, 3.63) is 17.5 Å². The summed E-state index contributed by atoms with van der Waals surface area (Å²) in [5.74, 6) is 0.774. The van der Waals surface area contributed by atoms with Crippen LogP contribution in [0.2, 0.25) is 5.15 Å². The standard InChI is InChI=1S/C18H26ClIN6O3/c1-18(2,3)29-17(28)26-9-8-25(11-14(26)20)16(27)24-6-4-23(5-7-24)15-10-13(19)21-12-22-15/h10,12,14H,4-9,11H2,1-3H3. The van der Waals surface area contributed by atoms with Gasteiger partial charge in [0.1, 0.15) is 26.9 Å². The molecule has 1 atom stereocenters. The number of piperazine rings is 2. The molecule has 2 saturated heterocycles. The highest BCUT2D eigenvalue weighted by Crippen LogP contribution is 2.22. The molecule has 3 heterocycles. The highest BCUT2D eigenvalue weighted by atomic mass is 127. The Hall–Kier alpha value is -1.56. The maximum Gasteiger partial charge on any atom is 0.411 e. The average molecular weight is 537 g/mol. The summed E-state index contributed by atoms with van der Waals surface area (Å²) in [7, 11) is 0. The lowest BCUT2D eigenvalue weighted by Crippen LogP contribution is -2.59. The number of carbonyl (C=O) groups is 2. The van der Waals surface area contributed by atoms with Crippen molar-refractivity contribution in [1.29, 1.82) is 0 Å². The third-order valence-electron chi connectivity index (χ3n) is 4.71. The second kappa shape index (κ2) is 9.07. The Labute approximate surface area is 189 Å². The van der Waals surface area contributed by atoms with E-state index in [0.717, 1.165) is 5.82 Å². The maximum absolute atomic E-state index is 12.9. The lowest BCUT2D eigenvalue weighted by Gasteiger charge is -2.42. The lowest BCUT2D eigenvalue weighted by atomic mass is 10.2. The summed E-state index contributed by atoms with van der Waals surface area (Å²) in [6.45, 7) is 9.59. The fraction of sp³-hybridized carbons (Fsp3) is 0.667. The molecule has 1 unspecified atom stereocenters. The predicted octanol–water partition coefficient (Wildman–Crippen LogP) is 2.69. The van der Waals surface area contributed by atoms with Crippen LogP contribution in [0.25, 0.3) is 0 Å². The zero-order valence-corrected chi connectivity index (χ0v) is 19.8. The molecule has 0 N–H and O–H groups in total. The number of ether oxygens (including phenoxy) is 1. The van der Waals surface area contributed by atoms with Crippen LogP contribution in [-0.4, -0.2) is 92.3 Å². The van der Waals surface area contributed by atoms with Gasteiger partial charge in [0.05, 0.1) is 6.54 Å². The zero-order valence-electron chi connectivity index (χ0n) is 16.8. The molecule has 11 heteroatoms. The molecule has 0 spiro atoms. The highest BCUT2D eigenvalue weighted by Gasteiger charge is 2.35. The number of nitrogens with zero attached hydrogens (tertiary/aromatic N) is 6. The summed E-state index contributed by atoms with van der Waals surface area (Å²) in [5.41, 5.74) is -0.534. The lowest BCUT2D eigenvalue weighted by molar-refractivity contribution is 0.0136. The highest BCUT2D eigenvalue weighted by molar-refractivity contribution is 14.1. The number of rotatable bonds is 1. The van der Waals surface area contributed by atoms with E-state index in [2.05, 4.69) is 37.5 Å². The number of hydrogen-bond acceptors (Lipinski definition) is 6. The van der Waals surface area contributed by atoms with Crippen molar-refractivity contribution in [1.82, 2.24) is 24.7 Å². The van der Waals surface area contributed by atoms with Crippen molar-refractivity contribution in [2.75, 3.05) is 50.7 Å². The molecule has 29 heavy (non-hydrogen) atoms. The van der Waals surface area contributed by atoms with Gasteiger partial charge >= 0.3 is 12.1 Å². The van der Waals surface area contributed by atoms with Gasteiger partial charge < -0.3 is 19.4 Å². The molecular formula is C18H26ClIN6O3. The van der Waals surface area contributed by atoms with Crippen molar-refractivity contribution in [2.24, 2.45) is 0 Å². The first kappa shape index (κ1) is 22.1. The van der Waals surface area contributed by atoms with Crippen LogP contribution in [0.15, 0.2) is 12.4 Å². The molecule has 0 radical (unpaired) electrons. The zero-order chi connectivity index (χ0) is 21.2. The van der Waals surface area contributed by atoms with Crippen molar-refractivity contribution in [2.45, 2.75) is 30.4 Å². The predicted molar refractivity (Wildman–Crippen MR) is 119 cm³/mol. The van der Waals surface area contributed by atoms with Gasteiger partial charge in [0.15, 0.2) is 0 Å². The van der Waals surface area contributed by atoms with Crippen LogP contribution in [0.5, 0.6) is 0 Å². The summed E-state index contributed by atoms with van der Waals surface area (Å²) < 4.78 is 5.34. The molecule has 0 aliphatic carbocycles. The van der Waals surface area contributed by atoms with E-state index in [1.54, 1.807) is 11.0 Å². The number of urea groups is 1. The minimum atomic E-state index is -0.534. The molecule has 3 rings (SSSR count). The molecule has 2 aliphatic rings. The Kier molecular flexibility index (Phi) is 6.92. The summed E-state index contributed by atoms with van der Waals surface area (Å²) in [5, 5.41) is 0.407. The van der Waals surface area contributed by atoms with Crippen molar-refractivity contribution in [3.8, 4) is 0 Å². The van der Waals surface area contributed by atoms with E-state index in [1.165, 1.54) is 6.33 Å². The number of carbonyl (C=O) groups excluding carboxylic acids is 2. The average Bonchev–Trinajstić information content (AvgIpc) is 2.66. The summed E-state index contributed by atoms with van der Waals surface area (Å²) in [6, 6.07) is 1.74. The van der Waals surface area contributed by atoms with Crippen molar-refractivity contribution in [3.63, 3.8) is 0 Å². The molecule has 160 valence electrons. The molecule has 0 saturated carbocycles. The summed E-state index contributed by atoms with van der Waals surface area (Å²) in [4.78, 5) is 40.9. The molecule has 1 aromatic heterocycles. The second-order valence-corrected chi connectivity index (χ2v) is 9.83. The summed E-state index contributed by atoms with van der Waals surface area (Å²) in [6.07, 6.45) is 1.11. The van der Waals surface area contributed by atoms with E-state index in [-0.39, 0.29) is 16.2 Å². The van der Waals surface area contributed by atoms with E-state index in [9.17, 15) is 9.59 Å². The molecule has 3 amide bonds. The van der Waals surface area contributed by atoms with Gasteiger partial charge in [-0.05, 0) is 20.8 Å². The van der Waals surface area contributed by atoms with Gasteiger partial charge in [-0.25, -0.2) is 19.6 Å². The third-order valence-corrected chi connectivity index (χ3v) is 5.99. The molecule has 1 aromatic rings. The van der Waals surface area contributed by atoms with Crippen LogP contribution in [0, 0.1) is 0 Å². The van der Waals surface area contributed by atoms with Crippen molar-refractivity contribution >= 4 is 52.1 Å². The van der Waals surface area contributed by atoms with Gasteiger partial charge in [-0.3, -0.25) is 4.90 Å². The van der Waals surface area contributed by atoms with Crippen LogP contribution >= 0.6 is 34.2 Å². The molecule has 0 aromatic carbocycles. The second-order valence-electron chi connectivity index (χ2n) is 8.01. The summed E-state index contributed by atoms with van der Waals surface area (Å²) >= 11 is 8.14. The number of halogens is 2. The fourth-order valence-corrected chi connectivity index (χ4v) is 4.39. The number of aromatic nitrogens is 2. The smallest absolute Gasteiger partial charge is 0.411 e. The van der Waals surface area contributed by atoms with Crippen LogP contribution < -0.4 is 4.90 Å². The fourth-order valence-electron chi connectivity index (χ4n) is 3.26. The van der Waals surface area contributed by atoms with Gasteiger partial charge in [0, 0.05) is 45.3 Å². The van der Waals surface area contributed by atoms with Gasteiger partial charge in [-0.15, -0.1) is 0 Å². The van der Waals surface area contributed by atoms with Gasteiger partial charge in [0.2, 0.25) is 0 Å². The van der Waals surface area contributed by atoms with Gasteiger partial charge in [-0.1, -0.05) is 34.2 Å². The SMILES string of the molecule is CC(C)(C)OC(=O)N1CCN(C(=O)N2CCN(c3cc(Cl)ncn3)CC2)CC1I. The number of anilines is 1. The minimum Gasteiger partial charge on any atom is -0.444 e.